The first-order valence-corrected chi connectivity index (χ1v) is 6.49. The molecule has 3 fully saturated rings. The third-order valence-corrected chi connectivity index (χ3v) is 4.29. The molecule has 2 aliphatic heterocycles. The Bertz CT molecular complexity index is 284. The number of hydrazine groups is 1. The summed E-state index contributed by atoms with van der Waals surface area (Å²) in [6.45, 7) is 3.11. The van der Waals surface area contributed by atoms with Gasteiger partial charge >= 0.3 is 0 Å². The number of nitrogens with zero attached hydrogens (tertiary/aromatic N) is 2. The number of hydrogen-bond acceptors (Lipinski definition) is 3. The van der Waals surface area contributed by atoms with Crippen LogP contribution in [-0.4, -0.2) is 48.6 Å². The van der Waals surface area contributed by atoms with E-state index in [2.05, 4.69) is 17.4 Å². The summed E-state index contributed by atoms with van der Waals surface area (Å²) >= 11 is 0. The maximum Gasteiger partial charge on any atom is 0.238 e. The summed E-state index contributed by atoms with van der Waals surface area (Å²) in [6.07, 6.45) is 4.61. The van der Waals surface area contributed by atoms with Gasteiger partial charge in [0.2, 0.25) is 5.91 Å². The minimum Gasteiger partial charge on any atom is -0.316 e. The highest BCUT2D eigenvalue weighted by Gasteiger charge is 2.44. The molecule has 0 aromatic rings. The number of carbonyl (C=O) groups is 1. The van der Waals surface area contributed by atoms with Gasteiger partial charge in [-0.3, -0.25) is 9.80 Å². The van der Waals surface area contributed by atoms with Gasteiger partial charge in [0.15, 0.2) is 0 Å². The Kier molecular flexibility index (Phi) is 2.64. The molecule has 2 unspecified atom stereocenters. The van der Waals surface area contributed by atoms with Crippen LogP contribution in [0.2, 0.25) is 0 Å². The molecule has 1 N–H and O–H groups in total. The first-order chi connectivity index (χ1) is 7.75. The molecule has 1 aliphatic carbocycles. The average Bonchev–Trinajstić information content (AvgIpc) is 2.91. The lowest BCUT2D eigenvalue weighted by atomic mass is 10.1. The van der Waals surface area contributed by atoms with E-state index < -0.39 is 0 Å². The first kappa shape index (κ1) is 10.5. The van der Waals surface area contributed by atoms with Crippen molar-refractivity contribution in [3.8, 4) is 0 Å². The van der Waals surface area contributed by atoms with Gasteiger partial charge in [0.05, 0.1) is 0 Å². The van der Waals surface area contributed by atoms with E-state index in [4.69, 9.17) is 0 Å². The summed E-state index contributed by atoms with van der Waals surface area (Å²) in [4.78, 5) is 12.0. The lowest BCUT2D eigenvalue weighted by molar-refractivity contribution is -0.138. The van der Waals surface area contributed by atoms with Gasteiger partial charge in [-0.2, -0.15) is 0 Å². The lowest BCUT2D eigenvalue weighted by Crippen LogP contribution is -2.43. The molecule has 1 amide bonds. The zero-order valence-corrected chi connectivity index (χ0v) is 9.98. The van der Waals surface area contributed by atoms with Crippen LogP contribution in [0.25, 0.3) is 0 Å². The Labute approximate surface area is 96.9 Å². The SMILES string of the molecule is CN1C(C2CC2)CC(=O)N1CC1CCNC1. The fourth-order valence-corrected chi connectivity index (χ4v) is 3.07. The smallest absolute Gasteiger partial charge is 0.238 e. The van der Waals surface area contributed by atoms with Gasteiger partial charge in [0, 0.05) is 26.1 Å². The van der Waals surface area contributed by atoms with E-state index in [-0.39, 0.29) is 0 Å². The zero-order valence-electron chi connectivity index (χ0n) is 9.98. The highest BCUT2D eigenvalue weighted by atomic mass is 16.2. The predicted molar refractivity (Wildman–Crippen MR) is 61.6 cm³/mol. The van der Waals surface area contributed by atoms with Crippen LogP contribution in [-0.2, 0) is 4.79 Å². The molecular weight excluding hydrogens is 202 g/mol. The van der Waals surface area contributed by atoms with Crippen molar-refractivity contribution in [2.75, 3.05) is 26.7 Å². The second-order valence-electron chi connectivity index (χ2n) is 5.52. The van der Waals surface area contributed by atoms with Crippen molar-refractivity contribution in [2.24, 2.45) is 11.8 Å². The Balaban J connectivity index is 1.62. The Morgan fingerprint density at radius 2 is 2.19 bits per heavy atom. The molecule has 0 aromatic carbocycles. The van der Waals surface area contributed by atoms with Crippen LogP contribution in [0.5, 0.6) is 0 Å². The van der Waals surface area contributed by atoms with Gasteiger partial charge < -0.3 is 5.32 Å². The molecule has 3 rings (SSSR count). The van der Waals surface area contributed by atoms with E-state index in [0.717, 1.165) is 32.0 Å². The van der Waals surface area contributed by atoms with Gasteiger partial charge in [0.1, 0.15) is 0 Å². The van der Waals surface area contributed by atoms with Crippen LogP contribution in [0.4, 0.5) is 0 Å². The minimum atomic E-state index is 0.339. The number of rotatable bonds is 3. The summed E-state index contributed by atoms with van der Waals surface area (Å²) in [5.41, 5.74) is 0. The molecule has 2 heterocycles. The molecule has 0 aromatic heterocycles. The van der Waals surface area contributed by atoms with E-state index in [1.54, 1.807) is 0 Å². The van der Waals surface area contributed by atoms with Crippen molar-refractivity contribution in [3.63, 3.8) is 0 Å². The average molecular weight is 223 g/mol. The molecule has 2 saturated heterocycles. The van der Waals surface area contributed by atoms with Crippen LogP contribution >= 0.6 is 0 Å². The topological polar surface area (TPSA) is 35.6 Å². The normalized spacial score (nSPS) is 36.3. The van der Waals surface area contributed by atoms with E-state index in [0.29, 0.717) is 17.9 Å². The van der Waals surface area contributed by atoms with Gasteiger partial charge in [-0.15, -0.1) is 0 Å². The monoisotopic (exact) mass is 223 g/mol. The van der Waals surface area contributed by atoms with E-state index >= 15 is 0 Å². The molecule has 1 saturated carbocycles. The molecule has 16 heavy (non-hydrogen) atoms. The minimum absolute atomic E-state index is 0.339. The number of amides is 1. The van der Waals surface area contributed by atoms with Gasteiger partial charge in [-0.05, 0) is 44.2 Å². The van der Waals surface area contributed by atoms with Gasteiger partial charge in [-0.1, -0.05) is 0 Å². The van der Waals surface area contributed by atoms with Crippen LogP contribution in [0, 0.1) is 11.8 Å². The van der Waals surface area contributed by atoms with Crippen LogP contribution < -0.4 is 5.32 Å². The van der Waals surface area contributed by atoms with Crippen molar-refractivity contribution in [1.29, 1.82) is 0 Å². The highest BCUT2D eigenvalue weighted by molar-refractivity contribution is 5.78. The van der Waals surface area contributed by atoms with E-state index in [9.17, 15) is 4.79 Å². The molecule has 4 heteroatoms. The summed E-state index contributed by atoms with van der Waals surface area (Å²) < 4.78 is 0. The fourth-order valence-electron chi connectivity index (χ4n) is 3.07. The molecule has 2 atom stereocenters. The highest BCUT2D eigenvalue weighted by Crippen LogP contribution is 2.40. The molecule has 0 spiro atoms. The maximum atomic E-state index is 12.0. The summed E-state index contributed by atoms with van der Waals surface area (Å²) in [5, 5.41) is 7.59. The standard InChI is InChI=1S/C12H21N3O/c1-14-11(10-2-3-10)6-12(16)15(14)8-9-4-5-13-7-9/h9-11,13H,2-8H2,1H3. The summed E-state index contributed by atoms with van der Waals surface area (Å²) in [6, 6.07) is 0.502. The van der Waals surface area contributed by atoms with Crippen molar-refractivity contribution >= 4 is 5.91 Å². The fraction of sp³-hybridized carbons (Fsp3) is 0.917. The second kappa shape index (κ2) is 4.00. The Morgan fingerprint density at radius 3 is 2.81 bits per heavy atom. The summed E-state index contributed by atoms with van der Waals surface area (Å²) in [5.74, 6) is 1.79. The number of carbonyl (C=O) groups excluding carboxylic acids is 1. The quantitative estimate of drug-likeness (QED) is 0.755. The van der Waals surface area contributed by atoms with Crippen molar-refractivity contribution in [3.05, 3.63) is 0 Å². The number of nitrogens with one attached hydrogen (secondary N) is 1. The van der Waals surface area contributed by atoms with E-state index in [1.807, 2.05) is 5.01 Å². The summed E-state index contributed by atoms with van der Waals surface area (Å²) in [7, 11) is 2.09. The van der Waals surface area contributed by atoms with Crippen LogP contribution in [0.1, 0.15) is 25.7 Å². The van der Waals surface area contributed by atoms with Gasteiger partial charge in [-0.25, -0.2) is 5.01 Å². The zero-order chi connectivity index (χ0) is 11.1. The molecule has 4 nitrogen and oxygen atoms in total. The van der Waals surface area contributed by atoms with Crippen LogP contribution in [0.15, 0.2) is 0 Å². The molecule has 3 aliphatic rings. The molecular formula is C12H21N3O. The second-order valence-corrected chi connectivity index (χ2v) is 5.52. The third-order valence-electron chi connectivity index (χ3n) is 4.29. The van der Waals surface area contributed by atoms with Crippen molar-refractivity contribution in [2.45, 2.75) is 31.7 Å². The largest absolute Gasteiger partial charge is 0.316 e. The third kappa shape index (κ3) is 1.84. The predicted octanol–water partition coefficient (Wildman–Crippen LogP) is 0.454. The van der Waals surface area contributed by atoms with E-state index in [1.165, 1.54) is 19.3 Å². The van der Waals surface area contributed by atoms with Gasteiger partial charge in [0.25, 0.3) is 0 Å². The maximum absolute atomic E-state index is 12.0. The van der Waals surface area contributed by atoms with Crippen molar-refractivity contribution < 1.29 is 4.79 Å². The number of hydrogen-bond donors (Lipinski definition) is 1. The molecule has 90 valence electrons. The molecule has 0 radical (unpaired) electrons. The molecule has 0 bridgehead atoms. The first-order valence-electron chi connectivity index (χ1n) is 6.49. The van der Waals surface area contributed by atoms with Crippen molar-refractivity contribution in [1.82, 2.24) is 15.3 Å². The Hall–Kier alpha value is -0.610. The lowest BCUT2D eigenvalue weighted by Gasteiger charge is -2.30. The van der Waals surface area contributed by atoms with Crippen LogP contribution in [0.3, 0.4) is 0 Å². The Morgan fingerprint density at radius 1 is 1.38 bits per heavy atom.